The van der Waals surface area contributed by atoms with E-state index in [1.807, 2.05) is 0 Å². The van der Waals surface area contributed by atoms with Crippen LogP contribution < -0.4 is 16.0 Å². The normalized spacial score (nSPS) is 10.3. The fourth-order valence-corrected chi connectivity index (χ4v) is 1.52. The van der Waals surface area contributed by atoms with E-state index in [9.17, 15) is 24.0 Å². The zero-order valence-corrected chi connectivity index (χ0v) is 15.6. The molecular formula is C15H26N4O7. The Balaban J connectivity index is 4.47. The van der Waals surface area contributed by atoms with E-state index in [-0.39, 0.29) is 6.54 Å². The van der Waals surface area contributed by atoms with Crippen molar-refractivity contribution in [3.8, 4) is 0 Å². The first-order valence-corrected chi connectivity index (χ1v) is 7.77. The Labute approximate surface area is 151 Å². The predicted octanol–water partition coefficient (Wildman–Crippen LogP) is -1.63. The quantitative estimate of drug-likeness (QED) is 0.433. The molecule has 0 fully saturated rings. The van der Waals surface area contributed by atoms with Gasteiger partial charge in [-0.25, -0.2) is 4.79 Å². The van der Waals surface area contributed by atoms with Crippen molar-refractivity contribution in [2.45, 2.75) is 26.4 Å². The van der Waals surface area contributed by atoms with Gasteiger partial charge in [-0.1, -0.05) is 0 Å². The number of hydrogen-bond donors (Lipinski definition) is 3. The third kappa shape index (κ3) is 10.8. The molecule has 0 rings (SSSR count). The standard InChI is InChI=1S/C15H26N4O7/c1-15(2,3)26-14(24)18-6-10(20)17-7-12(22)19(8-11(21)16-4)9-13(23)25-5/h6-9H2,1-5H3,(H,16,21)(H,17,20)(H,18,24). The lowest BCUT2D eigenvalue weighted by molar-refractivity contribution is -0.147. The molecule has 11 nitrogen and oxygen atoms in total. The Kier molecular flexibility index (Phi) is 9.71. The predicted molar refractivity (Wildman–Crippen MR) is 89.9 cm³/mol. The van der Waals surface area contributed by atoms with Gasteiger partial charge in [-0.05, 0) is 20.8 Å². The van der Waals surface area contributed by atoms with Gasteiger partial charge in [0.1, 0.15) is 25.2 Å². The number of nitrogens with zero attached hydrogens (tertiary/aromatic N) is 1. The summed E-state index contributed by atoms with van der Waals surface area (Å²) >= 11 is 0. The molecule has 0 spiro atoms. The second-order valence-electron chi connectivity index (χ2n) is 6.13. The van der Waals surface area contributed by atoms with Gasteiger partial charge in [0.15, 0.2) is 0 Å². The molecule has 3 N–H and O–H groups in total. The Morgan fingerprint density at radius 3 is 2.04 bits per heavy atom. The molecular weight excluding hydrogens is 348 g/mol. The number of likely N-dealkylation sites (N-methyl/N-ethyl adjacent to an activating group) is 1. The summed E-state index contributed by atoms with van der Waals surface area (Å²) in [5.41, 5.74) is -0.704. The summed E-state index contributed by atoms with van der Waals surface area (Å²) in [6, 6.07) is 0. The van der Waals surface area contributed by atoms with Crippen molar-refractivity contribution in [2.75, 3.05) is 40.3 Å². The van der Waals surface area contributed by atoms with Crippen LogP contribution in [-0.4, -0.2) is 80.6 Å². The second kappa shape index (κ2) is 10.9. The highest BCUT2D eigenvalue weighted by atomic mass is 16.6. The molecule has 4 amide bonds. The third-order valence-electron chi connectivity index (χ3n) is 2.74. The van der Waals surface area contributed by atoms with E-state index in [1.54, 1.807) is 20.8 Å². The number of amides is 4. The van der Waals surface area contributed by atoms with E-state index in [4.69, 9.17) is 4.74 Å². The van der Waals surface area contributed by atoms with E-state index in [0.29, 0.717) is 0 Å². The van der Waals surface area contributed by atoms with Crippen LogP contribution in [0.3, 0.4) is 0 Å². The highest BCUT2D eigenvalue weighted by Gasteiger charge is 2.21. The van der Waals surface area contributed by atoms with E-state index in [1.165, 1.54) is 7.05 Å². The minimum absolute atomic E-state index is 0.365. The van der Waals surface area contributed by atoms with Crippen LogP contribution in [0.25, 0.3) is 0 Å². The lowest BCUT2D eigenvalue weighted by atomic mass is 10.2. The van der Waals surface area contributed by atoms with Crippen LogP contribution in [0.5, 0.6) is 0 Å². The summed E-state index contributed by atoms with van der Waals surface area (Å²) in [5.74, 6) is -2.49. The Bertz CT molecular complexity index is 525. The Morgan fingerprint density at radius 2 is 1.54 bits per heavy atom. The van der Waals surface area contributed by atoms with E-state index < -0.39 is 55.0 Å². The summed E-state index contributed by atoms with van der Waals surface area (Å²) in [6.45, 7) is 3.37. The van der Waals surface area contributed by atoms with E-state index >= 15 is 0 Å². The van der Waals surface area contributed by atoms with Gasteiger partial charge in [0.2, 0.25) is 17.7 Å². The molecule has 0 aliphatic carbocycles. The van der Waals surface area contributed by atoms with Crippen molar-refractivity contribution in [3.05, 3.63) is 0 Å². The number of carbonyl (C=O) groups excluding carboxylic acids is 5. The van der Waals surface area contributed by atoms with E-state index in [0.717, 1.165) is 12.0 Å². The Morgan fingerprint density at radius 1 is 0.923 bits per heavy atom. The van der Waals surface area contributed by atoms with Crippen molar-refractivity contribution < 1.29 is 33.4 Å². The number of ether oxygens (including phenoxy) is 2. The lowest BCUT2D eigenvalue weighted by Crippen LogP contribution is -2.48. The highest BCUT2D eigenvalue weighted by Crippen LogP contribution is 2.05. The maximum Gasteiger partial charge on any atom is 0.408 e. The van der Waals surface area contributed by atoms with Crippen molar-refractivity contribution in [2.24, 2.45) is 0 Å². The highest BCUT2D eigenvalue weighted by molar-refractivity contribution is 5.91. The van der Waals surface area contributed by atoms with Gasteiger partial charge in [0.25, 0.3) is 0 Å². The van der Waals surface area contributed by atoms with Crippen LogP contribution in [0.4, 0.5) is 4.79 Å². The van der Waals surface area contributed by atoms with Crippen molar-refractivity contribution in [1.29, 1.82) is 0 Å². The summed E-state index contributed by atoms with van der Waals surface area (Å²) in [7, 11) is 2.53. The summed E-state index contributed by atoms with van der Waals surface area (Å²) in [6.07, 6.45) is -0.772. The van der Waals surface area contributed by atoms with Crippen LogP contribution in [0.15, 0.2) is 0 Å². The number of hydrogen-bond acceptors (Lipinski definition) is 7. The molecule has 0 atom stereocenters. The molecule has 0 saturated carbocycles. The lowest BCUT2D eigenvalue weighted by Gasteiger charge is -2.21. The van der Waals surface area contributed by atoms with E-state index in [2.05, 4.69) is 20.7 Å². The maximum absolute atomic E-state index is 12.1. The molecule has 0 aliphatic heterocycles. The summed E-state index contributed by atoms with van der Waals surface area (Å²) < 4.78 is 9.43. The van der Waals surface area contributed by atoms with Gasteiger partial charge in [-0.2, -0.15) is 0 Å². The number of methoxy groups -OCH3 is 1. The topological polar surface area (TPSA) is 143 Å². The van der Waals surface area contributed by atoms with Gasteiger partial charge < -0.3 is 30.3 Å². The third-order valence-corrected chi connectivity index (χ3v) is 2.74. The van der Waals surface area contributed by atoms with Gasteiger partial charge in [-0.3, -0.25) is 19.2 Å². The molecule has 0 aliphatic rings. The molecule has 0 saturated heterocycles. The van der Waals surface area contributed by atoms with Crippen molar-refractivity contribution >= 4 is 29.8 Å². The largest absolute Gasteiger partial charge is 0.468 e. The number of alkyl carbamates (subject to hydrolysis) is 1. The first-order valence-electron chi connectivity index (χ1n) is 7.77. The zero-order chi connectivity index (χ0) is 20.3. The molecule has 26 heavy (non-hydrogen) atoms. The van der Waals surface area contributed by atoms with Crippen LogP contribution in [0.1, 0.15) is 20.8 Å². The van der Waals surface area contributed by atoms with Crippen LogP contribution in [0, 0.1) is 0 Å². The number of carbonyl (C=O) groups is 5. The summed E-state index contributed by atoms with van der Waals surface area (Å²) in [4.78, 5) is 58.9. The van der Waals surface area contributed by atoms with Crippen molar-refractivity contribution in [1.82, 2.24) is 20.9 Å². The SMILES string of the molecule is CNC(=O)CN(CC(=O)OC)C(=O)CNC(=O)CNC(=O)OC(C)(C)C. The molecule has 0 aromatic rings. The second-order valence-corrected chi connectivity index (χ2v) is 6.13. The molecule has 0 heterocycles. The van der Waals surface area contributed by atoms with Crippen LogP contribution in [-0.2, 0) is 28.7 Å². The molecule has 11 heteroatoms. The van der Waals surface area contributed by atoms with Gasteiger partial charge in [0, 0.05) is 7.05 Å². The van der Waals surface area contributed by atoms with Crippen molar-refractivity contribution in [3.63, 3.8) is 0 Å². The monoisotopic (exact) mass is 374 g/mol. The van der Waals surface area contributed by atoms with Gasteiger partial charge >= 0.3 is 12.1 Å². The minimum Gasteiger partial charge on any atom is -0.468 e. The molecule has 0 radical (unpaired) electrons. The fraction of sp³-hybridized carbons (Fsp3) is 0.667. The molecule has 148 valence electrons. The van der Waals surface area contributed by atoms with Gasteiger partial charge in [0.05, 0.1) is 13.7 Å². The molecule has 0 unspecified atom stereocenters. The minimum atomic E-state index is -0.772. The number of rotatable bonds is 8. The van der Waals surface area contributed by atoms with Crippen LogP contribution in [0.2, 0.25) is 0 Å². The average Bonchev–Trinajstić information content (AvgIpc) is 2.55. The summed E-state index contributed by atoms with van der Waals surface area (Å²) in [5, 5.41) is 6.84. The molecule has 0 bridgehead atoms. The first kappa shape index (κ1) is 23.1. The fourth-order valence-electron chi connectivity index (χ4n) is 1.52. The number of esters is 1. The van der Waals surface area contributed by atoms with Gasteiger partial charge in [-0.15, -0.1) is 0 Å². The zero-order valence-electron chi connectivity index (χ0n) is 15.6. The van der Waals surface area contributed by atoms with Crippen LogP contribution >= 0.6 is 0 Å². The average molecular weight is 374 g/mol. The first-order chi connectivity index (χ1) is 12.0. The molecule has 0 aromatic carbocycles. The number of nitrogens with one attached hydrogen (secondary N) is 3. The maximum atomic E-state index is 12.1. The smallest absolute Gasteiger partial charge is 0.408 e. The Hall–Kier alpha value is -2.85. The molecule has 0 aromatic heterocycles.